The van der Waals surface area contributed by atoms with E-state index < -0.39 is 28.9 Å². The average molecular weight is 490 g/mol. The lowest BCUT2D eigenvalue weighted by Gasteiger charge is -2.32. The Kier molecular flexibility index (Phi) is 7.70. The van der Waals surface area contributed by atoms with Gasteiger partial charge in [0.2, 0.25) is 0 Å². The normalized spacial score (nSPS) is 15.2. The molecule has 1 fully saturated rings. The van der Waals surface area contributed by atoms with Gasteiger partial charge in [0.1, 0.15) is 23.8 Å². The Hall–Kier alpha value is -3.70. The molecule has 2 aromatic heterocycles. The lowest BCUT2D eigenvalue weighted by Crippen LogP contribution is -2.35. The molecular weight excluding hydrogens is 460 g/mol. The number of rotatable bonds is 5. The Morgan fingerprint density at radius 3 is 2.44 bits per heavy atom. The molecule has 186 valence electrons. The Balaban J connectivity index is 1.69. The van der Waals surface area contributed by atoms with Crippen molar-refractivity contribution in [2.45, 2.75) is 33.1 Å². The fourth-order valence-corrected chi connectivity index (χ4v) is 4.57. The van der Waals surface area contributed by atoms with Crippen LogP contribution in [0.3, 0.4) is 0 Å². The number of nitrogens with two attached hydrogens (primary N) is 1. The first-order valence-corrected chi connectivity index (χ1v) is 12.1. The number of pyridine rings is 1. The molecular formula is C28H29F2N5O. The number of anilines is 1. The Morgan fingerprint density at radius 2 is 1.83 bits per heavy atom. The van der Waals surface area contributed by atoms with E-state index >= 15 is 8.78 Å². The number of ketones is 1. The molecule has 36 heavy (non-hydrogen) atoms. The summed E-state index contributed by atoms with van der Waals surface area (Å²) >= 11 is 0. The number of hydrogen-bond acceptors (Lipinski definition) is 6. The zero-order valence-corrected chi connectivity index (χ0v) is 20.7. The third-order valence-corrected chi connectivity index (χ3v) is 6.82. The summed E-state index contributed by atoms with van der Waals surface area (Å²) in [5.74, 6) is 3.76. The molecule has 0 aliphatic carbocycles. The maximum atomic E-state index is 15.3. The average Bonchev–Trinajstić information content (AvgIpc) is 2.87. The Labute approximate surface area is 210 Å². The van der Waals surface area contributed by atoms with Crippen molar-refractivity contribution >= 4 is 11.6 Å². The van der Waals surface area contributed by atoms with Crippen LogP contribution >= 0.6 is 0 Å². The monoisotopic (exact) mass is 489 g/mol. The maximum absolute atomic E-state index is 15.3. The van der Waals surface area contributed by atoms with Gasteiger partial charge >= 0.3 is 0 Å². The van der Waals surface area contributed by atoms with Gasteiger partial charge < -0.3 is 10.6 Å². The highest BCUT2D eigenvalue weighted by Crippen LogP contribution is 2.31. The van der Waals surface area contributed by atoms with Crippen molar-refractivity contribution in [3.63, 3.8) is 0 Å². The summed E-state index contributed by atoms with van der Waals surface area (Å²) in [5.41, 5.74) is 7.38. The van der Waals surface area contributed by atoms with Gasteiger partial charge in [0.05, 0.1) is 22.5 Å². The van der Waals surface area contributed by atoms with Crippen LogP contribution in [0.15, 0.2) is 36.8 Å². The number of likely N-dealkylation sites (tertiary alicyclic amines) is 1. The van der Waals surface area contributed by atoms with Crippen LogP contribution in [0.2, 0.25) is 0 Å². The van der Waals surface area contributed by atoms with Crippen molar-refractivity contribution < 1.29 is 13.6 Å². The van der Waals surface area contributed by atoms with Crippen LogP contribution in [0.5, 0.6) is 0 Å². The highest BCUT2D eigenvalue weighted by atomic mass is 19.1. The molecule has 6 nitrogen and oxygen atoms in total. The summed E-state index contributed by atoms with van der Waals surface area (Å²) < 4.78 is 30.5. The van der Waals surface area contributed by atoms with E-state index in [9.17, 15) is 4.79 Å². The summed E-state index contributed by atoms with van der Waals surface area (Å²) in [5, 5.41) is 0. The van der Waals surface area contributed by atoms with Gasteiger partial charge in [0, 0.05) is 23.2 Å². The molecule has 1 aliphatic heterocycles. The van der Waals surface area contributed by atoms with Gasteiger partial charge in [-0.05, 0) is 69.6 Å². The van der Waals surface area contributed by atoms with Crippen molar-refractivity contribution in [1.82, 2.24) is 19.9 Å². The summed E-state index contributed by atoms with van der Waals surface area (Å²) in [6.45, 7) is 5.42. The van der Waals surface area contributed by atoms with E-state index in [1.165, 1.54) is 6.33 Å². The number of carbonyl (C=O) groups excluding carboxylic acids is 1. The van der Waals surface area contributed by atoms with Crippen LogP contribution in [0.4, 0.5) is 14.6 Å². The quantitative estimate of drug-likeness (QED) is 0.419. The number of hydrogen-bond donors (Lipinski definition) is 1. The van der Waals surface area contributed by atoms with Gasteiger partial charge in [0.15, 0.2) is 5.78 Å². The molecule has 1 saturated heterocycles. The van der Waals surface area contributed by atoms with Gasteiger partial charge in [-0.1, -0.05) is 25.7 Å². The van der Waals surface area contributed by atoms with E-state index in [0.29, 0.717) is 34.8 Å². The minimum Gasteiger partial charge on any atom is -0.384 e. The standard InChI is InChI=1S/C28H29F2N5O/c1-4-24-21(7-5-18-6-8-25(31)32-15-18)27(34-16-33-24)20-13-22(29)26(23(30)14-20)28(36)17(2)19-9-11-35(3)12-10-19/h6,8,13-17,19H,4,9-12H2,1-3H3,(H2,31,32). The van der Waals surface area contributed by atoms with E-state index in [-0.39, 0.29) is 11.5 Å². The topological polar surface area (TPSA) is 85.0 Å². The number of nitrogens with zero attached hydrogens (tertiary/aromatic N) is 4. The highest BCUT2D eigenvalue weighted by molar-refractivity contribution is 5.98. The van der Waals surface area contributed by atoms with Crippen LogP contribution in [0, 0.1) is 35.3 Å². The first-order chi connectivity index (χ1) is 17.3. The summed E-state index contributed by atoms with van der Waals surface area (Å²) in [6.07, 6.45) is 5.10. The zero-order chi connectivity index (χ0) is 25.8. The fraction of sp³-hybridized carbons (Fsp3) is 0.357. The van der Waals surface area contributed by atoms with Crippen LogP contribution < -0.4 is 5.73 Å². The van der Waals surface area contributed by atoms with E-state index in [4.69, 9.17) is 5.73 Å². The summed E-state index contributed by atoms with van der Waals surface area (Å²) in [7, 11) is 2.03. The predicted octanol–water partition coefficient (Wildman–Crippen LogP) is 4.52. The Bertz CT molecular complexity index is 1300. The molecule has 3 aromatic rings. The van der Waals surface area contributed by atoms with Crippen molar-refractivity contribution in [2.75, 3.05) is 25.9 Å². The Morgan fingerprint density at radius 1 is 1.14 bits per heavy atom. The number of carbonyl (C=O) groups is 1. The molecule has 8 heteroatoms. The van der Waals surface area contributed by atoms with E-state index in [2.05, 4.69) is 31.7 Å². The molecule has 4 rings (SSSR count). The summed E-state index contributed by atoms with van der Waals surface area (Å²) in [6, 6.07) is 5.70. The van der Waals surface area contributed by atoms with Crippen molar-refractivity contribution in [2.24, 2.45) is 11.8 Å². The minimum absolute atomic E-state index is 0.103. The number of piperidine rings is 1. The number of Topliss-reactive ketones (excluding diaryl/α,β-unsaturated/α-hetero) is 1. The number of halogens is 2. The predicted molar refractivity (Wildman–Crippen MR) is 135 cm³/mol. The maximum Gasteiger partial charge on any atom is 0.171 e. The molecule has 0 saturated carbocycles. The van der Waals surface area contributed by atoms with E-state index in [1.54, 1.807) is 25.3 Å². The number of aromatic nitrogens is 3. The molecule has 1 unspecified atom stereocenters. The molecule has 0 amide bonds. The number of nitrogen functional groups attached to an aromatic ring is 1. The lowest BCUT2D eigenvalue weighted by atomic mass is 9.81. The number of benzene rings is 1. The summed E-state index contributed by atoms with van der Waals surface area (Å²) in [4.78, 5) is 27.9. The molecule has 0 radical (unpaired) electrons. The van der Waals surface area contributed by atoms with Crippen molar-refractivity contribution in [3.8, 4) is 23.1 Å². The first kappa shape index (κ1) is 25.4. The van der Waals surface area contributed by atoms with Gasteiger partial charge in [-0.15, -0.1) is 0 Å². The smallest absolute Gasteiger partial charge is 0.171 e. The van der Waals surface area contributed by atoms with Crippen LogP contribution in [-0.2, 0) is 6.42 Å². The van der Waals surface area contributed by atoms with Gasteiger partial charge in [-0.2, -0.15) is 0 Å². The number of aryl methyl sites for hydroxylation is 1. The molecule has 0 bridgehead atoms. The van der Waals surface area contributed by atoms with E-state index in [1.807, 2.05) is 14.0 Å². The zero-order valence-electron chi connectivity index (χ0n) is 20.7. The lowest BCUT2D eigenvalue weighted by molar-refractivity contribution is 0.0827. The van der Waals surface area contributed by atoms with Crippen molar-refractivity contribution in [1.29, 1.82) is 0 Å². The van der Waals surface area contributed by atoms with Gasteiger partial charge in [-0.25, -0.2) is 23.7 Å². The van der Waals surface area contributed by atoms with Crippen LogP contribution in [0.25, 0.3) is 11.3 Å². The molecule has 1 aliphatic rings. The van der Waals surface area contributed by atoms with Gasteiger partial charge in [0.25, 0.3) is 0 Å². The molecule has 3 heterocycles. The molecule has 2 N–H and O–H groups in total. The minimum atomic E-state index is -0.895. The highest BCUT2D eigenvalue weighted by Gasteiger charge is 2.31. The second-order valence-corrected chi connectivity index (χ2v) is 9.23. The SMILES string of the molecule is CCc1ncnc(-c2cc(F)c(C(=O)C(C)C3CCN(C)CC3)c(F)c2)c1C#Cc1ccc(N)nc1. The van der Waals surface area contributed by atoms with E-state index in [0.717, 1.165) is 38.1 Å². The van der Waals surface area contributed by atoms with Gasteiger partial charge in [-0.3, -0.25) is 4.79 Å². The van der Waals surface area contributed by atoms with Crippen molar-refractivity contribution in [3.05, 3.63) is 70.8 Å². The second kappa shape index (κ2) is 10.9. The molecule has 1 atom stereocenters. The fourth-order valence-electron chi connectivity index (χ4n) is 4.57. The molecule has 1 aromatic carbocycles. The van der Waals surface area contributed by atoms with Crippen LogP contribution in [-0.4, -0.2) is 45.8 Å². The first-order valence-electron chi connectivity index (χ1n) is 12.1. The third-order valence-electron chi connectivity index (χ3n) is 6.82. The second-order valence-electron chi connectivity index (χ2n) is 9.23. The third kappa shape index (κ3) is 5.42. The largest absolute Gasteiger partial charge is 0.384 e. The molecule has 0 spiro atoms. The van der Waals surface area contributed by atoms with Crippen LogP contribution in [0.1, 0.15) is 53.9 Å².